The van der Waals surface area contributed by atoms with E-state index < -0.39 is 12.1 Å². The van der Waals surface area contributed by atoms with Crippen LogP contribution in [0.15, 0.2) is 54.6 Å². The van der Waals surface area contributed by atoms with E-state index in [-0.39, 0.29) is 19.6 Å². The van der Waals surface area contributed by atoms with Crippen molar-refractivity contribution >= 4 is 11.7 Å². The molecule has 134 valence electrons. The number of ether oxygens (including phenoxy) is 1. The molecule has 1 atom stereocenters. The first-order valence-corrected chi connectivity index (χ1v) is 8.47. The van der Waals surface area contributed by atoms with Crippen LogP contribution in [-0.4, -0.2) is 42.0 Å². The van der Waals surface area contributed by atoms with Gasteiger partial charge in [-0.15, -0.1) is 0 Å². The minimum atomic E-state index is -1.19. The predicted octanol–water partition coefficient (Wildman–Crippen LogP) is 2.15. The van der Waals surface area contributed by atoms with Gasteiger partial charge >= 0.3 is 5.97 Å². The SMILES string of the molecule is CCN(CCO)c1ccc(CC(O)C(=O)OCc2ccccc2)cc1. The molecule has 2 N–H and O–H groups in total. The molecule has 0 saturated carbocycles. The molecule has 5 nitrogen and oxygen atoms in total. The van der Waals surface area contributed by atoms with Gasteiger partial charge in [-0.2, -0.15) is 0 Å². The summed E-state index contributed by atoms with van der Waals surface area (Å²) < 4.78 is 5.15. The van der Waals surface area contributed by atoms with Crippen LogP contribution in [-0.2, 0) is 22.6 Å². The van der Waals surface area contributed by atoms with Crippen LogP contribution < -0.4 is 4.90 Å². The van der Waals surface area contributed by atoms with Gasteiger partial charge in [0.1, 0.15) is 6.61 Å². The van der Waals surface area contributed by atoms with E-state index in [2.05, 4.69) is 0 Å². The highest BCUT2D eigenvalue weighted by molar-refractivity contribution is 5.74. The molecule has 1 unspecified atom stereocenters. The number of carbonyl (C=O) groups is 1. The summed E-state index contributed by atoms with van der Waals surface area (Å²) in [5.41, 5.74) is 2.74. The number of benzene rings is 2. The van der Waals surface area contributed by atoms with Crippen molar-refractivity contribution in [3.05, 3.63) is 65.7 Å². The summed E-state index contributed by atoms with van der Waals surface area (Å²) in [5, 5.41) is 19.1. The Kier molecular flexibility index (Phi) is 7.44. The zero-order chi connectivity index (χ0) is 18.1. The van der Waals surface area contributed by atoms with Crippen molar-refractivity contribution in [3.8, 4) is 0 Å². The Morgan fingerprint density at radius 3 is 2.36 bits per heavy atom. The van der Waals surface area contributed by atoms with E-state index >= 15 is 0 Å². The van der Waals surface area contributed by atoms with E-state index in [0.717, 1.165) is 23.4 Å². The van der Waals surface area contributed by atoms with Gasteiger partial charge in [0.2, 0.25) is 0 Å². The largest absolute Gasteiger partial charge is 0.459 e. The molecule has 25 heavy (non-hydrogen) atoms. The summed E-state index contributed by atoms with van der Waals surface area (Å²) in [4.78, 5) is 14.0. The fourth-order valence-electron chi connectivity index (χ4n) is 2.56. The van der Waals surface area contributed by atoms with Crippen LogP contribution in [0.3, 0.4) is 0 Å². The van der Waals surface area contributed by atoms with Crippen molar-refractivity contribution in [3.63, 3.8) is 0 Å². The maximum Gasteiger partial charge on any atom is 0.335 e. The van der Waals surface area contributed by atoms with Crippen LogP contribution in [0.1, 0.15) is 18.1 Å². The zero-order valence-electron chi connectivity index (χ0n) is 14.5. The van der Waals surface area contributed by atoms with Crippen LogP contribution >= 0.6 is 0 Å². The Balaban J connectivity index is 1.86. The molecule has 2 rings (SSSR count). The number of rotatable bonds is 9. The lowest BCUT2D eigenvalue weighted by molar-refractivity contribution is -0.154. The Bertz CT molecular complexity index is 643. The van der Waals surface area contributed by atoms with Crippen LogP contribution in [0, 0.1) is 0 Å². The summed E-state index contributed by atoms with van der Waals surface area (Å²) in [6.45, 7) is 3.65. The number of carbonyl (C=O) groups excluding carboxylic acids is 1. The number of hydrogen-bond donors (Lipinski definition) is 2. The lowest BCUT2D eigenvalue weighted by Crippen LogP contribution is -2.26. The number of esters is 1. The molecule has 0 aromatic heterocycles. The number of aliphatic hydroxyl groups excluding tert-OH is 2. The van der Waals surface area contributed by atoms with Gasteiger partial charge < -0.3 is 19.8 Å². The molecule has 0 aliphatic rings. The topological polar surface area (TPSA) is 70.0 Å². The Labute approximate surface area is 148 Å². The molecule has 0 heterocycles. The van der Waals surface area contributed by atoms with E-state index in [1.807, 2.05) is 66.4 Å². The molecule has 2 aromatic rings. The average Bonchev–Trinajstić information content (AvgIpc) is 2.65. The molecule has 5 heteroatoms. The molecule has 0 aliphatic heterocycles. The lowest BCUT2D eigenvalue weighted by Gasteiger charge is -2.22. The molecule has 0 aliphatic carbocycles. The van der Waals surface area contributed by atoms with Crippen molar-refractivity contribution in [2.45, 2.75) is 26.1 Å². The molecule has 0 fully saturated rings. The summed E-state index contributed by atoms with van der Waals surface area (Å²) >= 11 is 0. The van der Waals surface area contributed by atoms with Gasteiger partial charge in [-0.25, -0.2) is 4.79 Å². The number of likely N-dealkylation sites (N-methyl/N-ethyl adjacent to an activating group) is 1. The van der Waals surface area contributed by atoms with Gasteiger partial charge in [-0.3, -0.25) is 0 Å². The van der Waals surface area contributed by atoms with E-state index in [0.29, 0.717) is 6.54 Å². The van der Waals surface area contributed by atoms with Crippen molar-refractivity contribution in [1.82, 2.24) is 0 Å². The van der Waals surface area contributed by atoms with E-state index in [1.54, 1.807) is 0 Å². The Morgan fingerprint density at radius 1 is 1.08 bits per heavy atom. The summed E-state index contributed by atoms with van der Waals surface area (Å²) in [7, 11) is 0. The maximum atomic E-state index is 11.9. The lowest BCUT2D eigenvalue weighted by atomic mass is 10.1. The molecule has 0 amide bonds. The normalized spacial score (nSPS) is 11.8. The van der Waals surface area contributed by atoms with Crippen molar-refractivity contribution in [2.24, 2.45) is 0 Å². The quantitative estimate of drug-likeness (QED) is 0.683. The van der Waals surface area contributed by atoms with E-state index in [9.17, 15) is 9.90 Å². The molecule has 0 spiro atoms. The van der Waals surface area contributed by atoms with Crippen LogP contribution in [0.4, 0.5) is 5.69 Å². The first-order valence-electron chi connectivity index (χ1n) is 8.47. The van der Waals surface area contributed by atoms with E-state index in [4.69, 9.17) is 9.84 Å². The second kappa shape index (κ2) is 9.81. The van der Waals surface area contributed by atoms with Gasteiger partial charge in [-0.1, -0.05) is 42.5 Å². The van der Waals surface area contributed by atoms with Gasteiger partial charge in [-0.05, 0) is 30.2 Å². The Hall–Kier alpha value is -2.37. The fourth-order valence-corrected chi connectivity index (χ4v) is 2.56. The van der Waals surface area contributed by atoms with Crippen LogP contribution in [0.2, 0.25) is 0 Å². The van der Waals surface area contributed by atoms with Crippen LogP contribution in [0.5, 0.6) is 0 Å². The standard InChI is InChI=1S/C20H25NO4/c1-2-21(12-13-22)18-10-8-16(9-11-18)14-19(23)20(24)25-15-17-6-4-3-5-7-17/h3-11,19,22-23H,2,12-15H2,1H3. The minimum absolute atomic E-state index is 0.0988. The molecule has 0 saturated heterocycles. The number of hydrogen-bond acceptors (Lipinski definition) is 5. The minimum Gasteiger partial charge on any atom is -0.459 e. The van der Waals surface area contributed by atoms with Gasteiger partial charge in [0.15, 0.2) is 6.10 Å². The van der Waals surface area contributed by atoms with Gasteiger partial charge in [0.25, 0.3) is 0 Å². The Morgan fingerprint density at radius 2 is 1.76 bits per heavy atom. The number of anilines is 1. The zero-order valence-corrected chi connectivity index (χ0v) is 14.5. The van der Waals surface area contributed by atoms with Crippen molar-refractivity contribution in [2.75, 3.05) is 24.6 Å². The van der Waals surface area contributed by atoms with Crippen molar-refractivity contribution < 1.29 is 19.7 Å². The highest BCUT2D eigenvalue weighted by Gasteiger charge is 2.17. The number of aliphatic hydroxyl groups is 2. The summed E-state index contributed by atoms with van der Waals surface area (Å²) in [6, 6.07) is 17.0. The third-order valence-corrected chi connectivity index (χ3v) is 3.98. The van der Waals surface area contributed by atoms with Crippen molar-refractivity contribution in [1.29, 1.82) is 0 Å². The molecule has 0 bridgehead atoms. The third-order valence-electron chi connectivity index (χ3n) is 3.98. The molecule has 0 radical (unpaired) electrons. The number of nitrogens with zero attached hydrogens (tertiary/aromatic N) is 1. The average molecular weight is 343 g/mol. The van der Waals surface area contributed by atoms with E-state index in [1.165, 1.54) is 0 Å². The summed E-state index contributed by atoms with van der Waals surface area (Å²) in [6.07, 6.45) is -0.977. The molecular weight excluding hydrogens is 318 g/mol. The summed E-state index contributed by atoms with van der Waals surface area (Å²) in [5.74, 6) is -0.622. The molecular formula is C20H25NO4. The van der Waals surface area contributed by atoms with Gasteiger partial charge in [0.05, 0.1) is 6.61 Å². The highest BCUT2D eigenvalue weighted by atomic mass is 16.5. The third kappa shape index (κ3) is 5.89. The fraction of sp³-hybridized carbons (Fsp3) is 0.350. The second-order valence-corrected chi connectivity index (χ2v) is 5.78. The molecule has 2 aromatic carbocycles. The first-order chi connectivity index (χ1) is 12.1. The predicted molar refractivity (Wildman–Crippen MR) is 97.4 cm³/mol. The van der Waals surface area contributed by atoms with Gasteiger partial charge in [0, 0.05) is 25.2 Å². The second-order valence-electron chi connectivity index (χ2n) is 5.78. The maximum absolute atomic E-state index is 11.9. The van der Waals surface area contributed by atoms with Crippen LogP contribution in [0.25, 0.3) is 0 Å². The monoisotopic (exact) mass is 343 g/mol. The highest BCUT2D eigenvalue weighted by Crippen LogP contribution is 2.16. The smallest absolute Gasteiger partial charge is 0.335 e. The first kappa shape index (κ1) is 19.0.